The van der Waals surface area contributed by atoms with E-state index in [-0.39, 0.29) is 63.3 Å². The zero-order valence-corrected chi connectivity index (χ0v) is 38.4. The van der Waals surface area contributed by atoms with Crippen molar-refractivity contribution in [2.75, 3.05) is 0 Å². The van der Waals surface area contributed by atoms with E-state index < -0.39 is 69.2 Å². The number of para-hydroxylation sites is 4. The average molecular weight is 1020 g/mol. The van der Waals surface area contributed by atoms with Crippen molar-refractivity contribution >= 4 is 57.9 Å². The fraction of sp³-hybridized carbons (Fsp3) is 0.0500. The van der Waals surface area contributed by atoms with Crippen molar-refractivity contribution in [3.8, 4) is 0 Å². The van der Waals surface area contributed by atoms with Crippen molar-refractivity contribution in [1.82, 2.24) is 39.0 Å². The Kier molecular flexibility index (Phi) is 32.3. The Morgan fingerprint density at radius 3 is 0.971 bits per heavy atom. The van der Waals surface area contributed by atoms with E-state index >= 15 is 0 Å². The van der Waals surface area contributed by atoms with E-state index in [0.717, 1.165) is 83.2 Å². The molecule has 0 aliphatic rings. The summed E-state index contributed by atoms with van der Waals surface area (Å²) in [5.41, 5.74) is 1.58. The van der Waals surface area contributed by atoms with Gasteiger partial charge in [-0.1, -0.05) is 24.3 Å². The fourth-order valence-electron chi connectivity index (χ4n) is 5.25. The van der Waals surface area contributed by atoms with Crippen LogP contribution in [-0.2, 0) is 32.6 Å². The van der Waals surface area contributed by atoms with Gasteiger partial charge in [0.15, 0.2) is 0 Å². The molecule has 0 radical (unpaired) electrons. The molecule has 29 heteroatoms. The van der Waals surface area contributed by atoms with Crippen molar-refractivity contribution in [2.24, 2.45) is 0 Å². The van der Waals surface area contributed by atoms with Crippen LogP contribution >= 0.6 is 0 Å². The van der Waals surface area contributed by atoms with Gasteiger partial charge in [-0.3, -0.25) is 0 Å². The predicted octanol–water partition coefficient (Wildman–Crippen LogP) is -4.09. The minimum absolute atomic E-state index is 0. The largest absolute Gasteiger partial charge is 2.00 e. The molecule has 0 amide bonds. The second-order valence-corrected chi connectivity index (χ2v) is 12.3. The van der Waals surface area contributed by atoms with Crippen molar-refractivity contribution in [1.29, 1.82) is 0 Å². The summed E-state index contributed by atoms with van der Waals surface area (Å²) in [4.78, 5) is 86.6. The molecular weight excluding hydrogens is 978 g/mol. The normalized spacial score (nSPS) is 8.93. The van der Waals surface area contributed by atoms with Crippen LogP contribution < -0.4 is 10.2 Å². The molecule has 8 rings (SSSR count). The molecule has 8 aromatic rings. The first-order valence-corrected chi connectivity index (χ1v) is 17.1. The summed E-state index contributed by atoms with van der Waals surface area (Å²) in [6.07, 6.45) is 11.0. The van der Waals surface area contributed by atoms with Crippen molar-refractivity contribution in [3.63, 3.8) is 0 Å². The van der Waals surface area contributed by atoms with Crippen molar-refractivity contribution in [2.45, 2.75) is 13.1 Å². The van der Waals surface area contributed by atoms with E-state index in [1.54, 1.807) is 25.0 Å². The number of H-pyrrole nitrogens is 2. The molecule has 0 saturated carbocycles. The zero-order valence-electron chi connectivity index (χ0n) is 35.4. The number of hydrogen-bond acceptors (Lipinski definition) is 12. The summed E-state index contributed by atoms with van der Waals surface area (Å²) in [6, 6.07) is 21.1. The van der Waals surface area contributed by atoms with Gasteiger partial charge in [-0.25, -0.2) is 39.1 Å². The Labute approximate surface area is 399 Å². The second-order valence-electron chi connectivity index (χ2n) is 12.3. The molecule has 4 aromatic heterocycles. The van der Waals surface area contributed by atoms with Crippen molar-refractivity contribution < 1.29 is 123 Å². The summed E-state index contributed by atoms with van der Waals surface area (Å²) in [7, 11) is 0. The molecule has 0 unspecified atom stereocenters. The number of rotatable bonds is 10. The number of carbonyl (C=O) groups is 6. The van der Waals surface area contributed by atoms with Gasteiger partial charge in [-0.15, -0.1) is 0 Å². The SMILES string of the molecule is O.O.O.O.O.O.O.O.O=C([O-])c1cc(C(=O)O)cc(C(=O)O)c1.O=C([O-])c1cc(C(=O)O)cc(C(=O)O)c1.[Zn+2].c1ccc2[nH]c(Cn3ccnc3)nc2c1.c1ccc2[nH]c(Cn3ccnc3)nc2c1. The first kappa shape index (κ1) is 69.4. The summed E-state index contributed by atoms with van der Waals surface area (Å²) >= 11 is 0. The number of aromatic amines is 2. The summed E-state index contributed by atoms with van der Waals surface area (Å²) < 4.78 is 3.97. The molecule has 28 nitrogen and oxygen atoms in total. The predicted molar refractivity (Wildman–Crippen MR) is 233 cm³/mol. The van der Waals surface area contributed by atoms with Crippen LogP contribution in [-0.4, -0.2) is 139 Å². The Hall–Kier alpha value is -8.64. The molecule has 0 aliphatic carbocycles. The number of carbonyl (C=O) groups excluding carboxylic acids is 2. The fourth-order valence-corrected chi connectivity index (χ4v) is 5.25. The number of aromatic carboxylic acids is 6. The summed E-state index contributed by atoms with van der Waals surface area (Å²) in [5.74, 6) is -6.95. The van der Waals surface area contributed by atoms with E-state index in [4.69, 9.17) is 20.4 Å². The number of imidazole rings is 4. The van der Waals surface area contributed by atoms with Gasteiger partial charge < -0.3 is 103 Å². The van der Waals surface area contributed by atoms with Crippen LogP contribution in [0.2, 0.25) is 0 Å². The second kappa shape index (κ2) is 32.1. The molecule has 0 saturated heterocycles. The van der Waals surface area contributed by atoms with Gasteiger partial charge in [0.1, 0.15) is 11.6 Å². The van der Waals surface area contributed by atoms with Gasteiger partial charge in [-0.05, 0) is 71.8 Å². The molecule has 0 atom stereocenters. The molecule has 0 aliphatic heterocycles. The van der Waals surface area contributed by atoms with E-state index in [0.29, 0.717) is 0 Å². The number of benzene rings is 4. The van der Waals surface area contributed by atoms with Gasteiger partial charge >= 0.3 is 43.4 Å². The standard InChI is InChI=1S/2C11H10N4.2C9H6O6.8H2O.Zn/c2*1-2-4-10-9(3-1)13-11(14-10)7-15-6-5-12-8-15;2*10-7(11)4-1-5(8(12)13)3-6(2-4)9(14)15;;;;;;;;;/h2*1-6,8H,7H2,(H,13,14);2*1-3H,(H,10,11)(H,12,13)(H,14,15);8*1H2;/q;;;;;;;;;;;;+2/p-2. The van der Waals surface area contributed by atoms with Gasteiger partial charge in [0.2, 0.25) is 0 Å². The number of nitrogens with zero attached hydrogens (tertiary/aromatic N) is 6. The molecule has 0 fully saturated rings. The Morgan fingerprint density at radius 2 is 0.739 bits per heavy atom. The molecule has 69 heavy (non-hydrogen) atoms. The monoisotopic (exact) mass is 1020 g/mol. The van der Waals surface area contributed by atoms with Crippen LogP contribution in [0.5, 0.6) is 0 Å². The number of nitrogens with one attached hydrogen (secondary N) is 2. The number of hydrogen-bond donors (Lipinski definition) is 6. The van der Waals surface area contributed by atoms with Crippen LogP contribution in [0.15, 0.2) is 122 Å². The smallest absolute Gasteiger partial charge is 0.545 e. The van der Waals surface area contributed by atoms with Gasteiger partial charge in [0.05, 0.1) is 82.0 Å². The third-order valence-corrected chi connectivity index (χ3v) is 7.99. The first-order valence-electron chi connectivity index (χ1n) is 17.1. The van der Waals surface area contributed by atoms with E-state index in [9.17, 15) is 39.0 Å². The minimum Gasteiger partial charge on any atom is -0.545 e. The maximum absolute atomic E-state index is 10.5. The Morgan fingerprint density at radius 1 is 0.464 bits per heavy atom. The first-order chi connectivity index (χ1) is 28.7. The van der Waals surface area contributed by atoms with Gasteiger partial charge in [0.25, 0.3) is 0 Å². The molecule has 0 bridgehead atoms. The van der Waals surface area contributed by atoms with Crippen LogP contribution in [0.1, 0.15) is 73.8 Å². The van der Waals surface area contributed by atoms with Crippen molar-refractivity contribution in [3.05, 3.63) is 167 Å². The third kappa shape index (κ3) is 19.8. The maximum Gasteiger partial charge on any atom is 2.00 e. The van der Waals surface area contributed by atoms with Crippen LogP contribution in [0.4, 0.5) is 0 Å². The van der Waals surface area contributed by atoms with Crippen LogP contribution in [0, 0.1) is 0 Å². The molecular formula is C40H46N8O20Zn. The Balaban J connectivity index is -0.000000253. The molecule has 22 N–H and O–H groups in total. The number of aromatic nitrogens is 8. The minimum atomic E-state index is -1.62. The summed E-state index contributed by atoms with van der Waals surface area (Å²) in [6.45, 7) is 1.46. The number of carboxylic acid groups (broad SMARTS) is 6. The van der Waals surface area contributed by atoms with Crippen LogP contribution in [0.25, 0.3) is 22.1 Å². The maximum atomic E-state index is 10.5. The van der Waals surface area contributed by atoms with E-state index in [1.807, 2.05) is 70.1 Å². The topological polar surface area (TPSA) is 574 Å². The van der Waals surface area contributed by atoms with Gasteiger partial charge in [0, 0.05) is 24.8 Å². The molecule has 4 aromatic carbocycles. The quantitative estimate of drug-likeness (QED) is 0.0709. The Bertz CT molecular complexity index is 2420. The molecule has 0 spiro atoms. The molecule has 4 heterocycles. The zero-order chi connectivity index (χ0) is 43.3. The average Bonchev–Trinajstić information content (AvgIpc) is 4.07. The van der Waals surface area contributed by atoms with Crippen LogP contribution in [0.3, 0.4) is 0 Å². The number of fused-ring (bicyclic) bond motifs is 2. The van der Waals surface area contributed by atoms with E-state index in [1.165, 1.54) is 0 Å². The summed E-state index contributed by atoms with van der Waals surface area (Å²) in [5, 5.41) is 55.3. The third-order valence-electron chi connectivity index (χ3n) is 7.99. The molecule has 368 valence electrons. The van der Waals surface area contributed by atoms with E-state index in [2.05, 4.69) is 29.9 Å². The number of carboxylic acids is 6. The van der Waals surface area contributed by atoms with Gasteiger partial charge in [-0.2, -0.15) is 0 Å².